The lowest BCUT2D eigenvalue weighted by Gasteiger charge is -2.32. The highest BCUT2D eigenvalue weighted by atomic mass is 16.5. The van der Waals surface area contributed by atoms with Crippen LogP contribution in [0.4, 0.5) is 0 Å². The Morgan fingerprint density at radius 2 is 1.83 bits per heavy atom. The maximum absolute atomic E-state index is 8.73. The molecule has 1 aliphatic heterocycles. The van der Waals surface area contributed by atoms with E-state index in [2.05, 4.69) is 19.9 Å². The summed E-state index contributed by atoms with van der Waals surface area (Å²) in [5.74, 6) is 0. The number of nitrogens with zero attached hydrogens (tertiary/aromatic N) is 1. The molecular formula is C15H19NO2. The second-order valence-electron chi connectivity index (χ2n) is 4.97. The zero-order valence-electron chi connectivity index (χ0n) is 10.9. The van der Waals surface area contributed by atoms with E-state index in [-0.39, 0.29) is 18.3 Å². The van der Waals surface area contributed by atoms with Gasteiger partial charge in [0.05, 0.1) is 36.6 Å². The zero-order chi connectivity index (χ0) is 13.0. The van der Waals surface area contributed by atoms with Crippen molar-refractivity contribution in [2.24, 2.45) is 0 Å². The molecule has 1 aromatic carbocycles. The first-order valence-corrected chi connectivity index (χ1v) is 6.43. The zero-order valence-corrected chi connectivity index (χ0v) is 10.9. The van der Waals surface area contributed by atoms with Gasteiger partial charge in [-0.2, -0.15) is 5.26 Å². The van der Waals surface area contributed by atoms with Crippen LogP contribution in [0.15, 0.2) is 24.3 Å². The third kappa shape index (κ3) is 3.56. The Labute approximate surface area is 108 Å². The number of hydrogen-bond acceptors (Lipinski definition) is 3. The van der Waals surface area contributed by atoms with Crippen LogP contribution >= 0.6 is 0 Å². The standard InChI is InChI=1S/C15H19NO2/c1-11-7-15(8-12(2)18-11)17-10-14-5-3-13(9-16)4-6-14/h3-6,11-12,15H,7-8,10H2,1-2H3. The number of hydrogen-bond donors (Lipinski definition) is 0. The molecule has 1 saturated heterocycles. The van der Waals surface area contributed by atoms with Crippen molar-refractivity contribution in [3.8, 4) is 6.07 Å². The predicted molar refractivity (Wildman–Crippen MR) is 69.0 cm³/mol. The van der Waals surface area contributed by atoms with Crippen LogP contribution in [0.5, 0.6) is 0 Å². The molecule has 1 aromatic rings. The second-order valence-corrected chi connectivity index (χ2v) is 4.97. The molecule has 2 unspecified atom stereocenters. The number of nitriles is 1. The van der Waals surface area contributed by atoms with E-state index in [1.165, 1.54) is 0 Å². The van der Waals surface area contributed by atoms with Gasteiger partial charge in [-0.1, -0.05) is 12.1 Å². The smallest absolute Gasteiger partial charge is 0.0991 e. The minimum absolute atomic E-state index is 0.277. The Morgan fingerprint density at radius 3 is 2.39 bits per heavy atom. The van der Waals surface area contributed by atoms with Crippen LogP contribution in [0.2, 0.25) is 0 Å². The highest BCUT2D eigenvalue weighted by molar-refractivity contribution is 5.31. The quantitative estimate of drug-likeness (QED) is 0.822. The van der Waals surface area contributed by atoms with Gasteiger partial charge >= 0.3 is 0 Å². The largest absolute Gasteiger partial charge is 0.375 e. The average Bonchev–Trinajstić information content (AvgIpc) is 2.36. The molecule has 3 nitrogen and oxygen atoms in total. The SMILES string of the molecule is CC1CC(OCc2ccc(C#N)cc2)CC(C)O1. The monoisotopic (exact) mass is 245 g/mol. The van der Waals surface area contributed by atoms with Crippen molar-refractivity contribution in [3.63, 3.8) is 0 Å². The van der Waals surface area contributed by atoms with Crippen LogP contribution in [-0.2, 0) is 16.1 Å². The third-order valence-corrected chi connectivity index (χ3v) is 3.22. The Balaban J connectivity index is 1.85. The fraction of sp³-hybridized carbons (Fsp3) is 0.533. The second kappa shape index (κ2) is 5.99. The summed E-state index contributed by atoms with van der Waals surface area (Å²) in [7, 11) is 0. The van der Waals surface area contributed by atoms with Gasteiger partial charge in [-0.25, -0.2) is 0 Å². The van der Waals surface area contributed by atoms with Gasteiger partial charge in [-0.3, -0.25) is 0 Å². The Kier molecular flexibility index (Phi) is 4.35. The van der Waals surface area contributed by atoms with Crippen molar-refractivity contribution in [1.29, 1.82) is 5.26 Å². The van der Waals surface area contributed by atoms with E-state index in [1.54, 1.807) is 0 Å². The molecule has 3 heteroatoms. The summed E-state index contributed by atoms with van der Waals surface area (Å²) >= 11 is 0. The van der Waals surface area contributed by atoms with Gasteiger partial charge in [-0.15, -0.1) is 0 Å². The maximum Gasteiger partial charge on any atom is 0.0991 e. The van der Waals surface area contributed by atoms with Crippen molar-refractivity contribution in [2.45, 2.75) is 51.6 Å². The summed E-state index contributed by atoms with van der Waals surface area (Å²) in [6, 6.07) is 9.67. The lowest BCUT2D eigenvalue weighted by molar-refractivity contribution is -0.106. The highest BCUT2D eigenvalue weighted by Gasteiger charge is 2.24. The van der Waals surface area contributed by atoms with Gasteiger partial charge in [0, 0.05) is 0 Å². The predicted octanol–water partition coefficient (Wildman–Crippen LogP) is 3.03. The molecule has 2 rings (SSSR count). The van der Waals surface area contributed by atoms with E-state index in [4.69, 9.17) is 14.7 Å². The highest BCUT2D eigenvalue weighted by Crippen LogP contribution is 2.22. The average molecular weight is 245 g/mol. The lowest BCUT2D eigenvalue weighted by atomic mass is 10.0. The third-order valence-electron chi connectivity index (χ3n) is 3.22. The molecule has 1 fully saturated rings. The first kappa shape index (κ1) is 13.1. The molecule has 0 radical (unpaired) electrons. The fourth-order valence-electron chi connectivity index (χ4n) is 2.37. The molecule has 1 heterocycles. The fourth-order valence-corrected chi connectivity index (χ4v) is 2.37. The Hall–Kier alpha value is -1.37. The summed E-state index contributed by atoms with van der Waals surface area (Å²) in [5, 5.41) is 8.73. The molecule has 0 bridgehead atoms. The van der Waals surface area contributed by atoms with Crippen LogP contribution in [-0.4, -0.2) is 18.3 Å². The topological polar surface area (TPSA) is 42.2 Å². The maximum atomic E-state index is 8.73. The molecule has 0 N–H and O–H groups in total. The van der Waals surface area contributed by atoms with Gasteiger partial charge in [0.2, 0.25) is 0 Å². The van der Waals surface area contributed by atoms with Crippen LogP contribution in [0.3, 0.4) is 0 Å². The van der Waals surface area contributed by atoms with E-state index >= 15 is 0 Å². The Bertz CT molecular complexity index is 411. The van der Waals surface area contributed by atoms with Gasteiger partial charge in [0.15, 0.2) is 0 Å². The lowest BCUT2D eigenvalue weighted by Crippen LogP contribution is -2.33. The molecule has 1 aliphatic rings. The molecule has 0 spiro atoms. The molecule has 96 valence electrons. The van der Waals surface area contributed by atoms with E-state index < -0.39 is 0 Å². The molecule has 0 saturated carbocycles. The molecular weight excluding hydrogens is 226 g/mol. The van der Waals surface area contributed by atoms with Crippen LogP contribution in [0, 0.1) is 11.3 Å². The number of ether oxygens (including phenoxy) is 2. The summed E-state index contributed by atoms with van der Waals surface area (Å²) in [5.41, 5.74) is 1.80. The molecule has 18 heavy (non-hydrogen) atoms. The van der Waals surface area contributed by atoms with Crippen LogP contribution in [0.1, 0.15) is 37.8 Å². The van der Waals surface area contributed by atoms with Crippen LogP contribution in [0.25, 0.3) is 0 Å². The van der Waals surface area contributed by atoms with Crippen molar-refractivity contribution < 1.29 is 9.47 Å². The molecule has 0 amide bonds. The molecule has 2 atom stereocenters. The van der Waals surface area contributed by atoms with Gasteiger partial charge in [-0.05, 0) is 44.4 Å². The van der Waals surface area contributed by atoms with E-state index in [0.29, 0.717) is 12.2 Å². The number of rotatable bonds is 3. The van der Waals surface area contributed by atoms with Crippen molar-refractivity contribution in [2.75, 3.05) is 0 Å². The van der Waals surface area contributed by atoms with E-state index in [0.717, 1.165) is 18.4 Å². The first-order valence-electron chi connectivity index (χ1n) is 6.43. The number of benzene rings is 1. The Morgan fingerprint density at radius 1 is 1.22 bits per heavy atom. The van der Waals surface area contributed by atoms with Gasteiger partial charge in [0.1, 0.15) is 0 Å². The summed E-state index contributed by atoms with van der Waals surface area (Å²) in [6.07, 6.45) is 2.75. The van der Waals surface area contributed by atoms with Crippen molar-refractivity contribution >= 4 is 0 Å². The van der Waals surface area contributed by atoms with E-state index in [9.17, 15) is 0 Å². The first-order chi connectivity index (χ1) is 8.67. The van der Waals surface area contributed by atoms with E-state index in [1.807, 2.05) is 24.3 Å². The van der Waals surface area contributed by atoms with Crippen molar-refractivity contribution in [1.82, 2.24) is 0 Å². The minimum Gasteiger partial charge on any atom is -0.375 e. The molecule has 0 aliphatic carbocycles. The minimum atomic E-state index is 0.277. The van der Waals surface area contributed by atoms with Crippen molar-refractivity contribution in [3.05, 3.63) is 35.4 Å². The van der Waals surface area contributed by atoms with Crippen LogP contribution < -0.4 is 0 Å². The van der Waals surface area contributed by atoms with Gasteiger partial charge in [0.25, 0.3) is 0 Å². The summed E-state index contributed by atoms with van der Waals surface area (Å²) < 4.78 is 11.6. The summed E-state index contributed by atoms with van der Waals surface area (Å²) in [4.78, 5) is 0. The molecule has 0 aromatic heterocycles. The summed E-state index contributed by atoms with van der Waals surface area (Å²) in [6.45, 7) is 4.79. The normalized spacial score (nSPS) is 27.7. The van der Waals surface area contributed by atoms with Gasteiger partial charge < -0.3 is 9.47 Å².